The third-order valence-corrected chi connectivity index (χ3v) is 4.00. The lowest BCUT2D eigenvalue weighted by Crippen LogP contribution is -2.50. The molecule has 100 valence electrons. The van der Waals surface area contributed by atoms with E-state index in [2.05, 4.69) is 32.9 Å². The Morgan fingerprint density at radius 1 is 1.12 bits per heavy atom. The van der Waals surface area contributed by atoms with E-state index in [4.69, 9.17) is 4.74 Å². The summed E-state index contributed by atoms with van der Waals surface area (Å²) < 4.78 is 6.62. The summed E-state index contributed by atoms with van der Waals surface area (Å²) in [6.07, 6.45) is 10.4. The van der Waals surface area contributed by atoms with Crippen LogP contribution in [0.4, 0.5) is 0 Å². The molecule has 0 bridgehead atoms. The van der Waals surface area contributed by atoms with Crippen LogP contribution in [-0.4, -0.2) is 43.4 Å². The third-order valence-electron chi connectivity index (χ3n) is 4.00. The first-order valence-corrected chi connectivity index (χ1v) is 7.38. The fourth-order valence-electron chi connectivity index (χ4n) is 2.40. The lowest BCUT2D eigenvalue weighted by atomic mass is 10.2. The lowest BCUT2D eigenvalue weighted by Gasteiger charge is -2.36. The second kappa shape index (κ2) is 7.88. The van der Waals surface area contributed by atoms with Crippen molar-refractivity contribution in [1.29, 1.82) is 0 Å². The molecule has 0 aromatic carbocycles. The SMILES string of the molecule is CCCC/C=C/CC[N+](CC)(CC)CC1CO1. The average Bonchev–Trinajstić information content (AvgIpc) is 3.16. The van der Waals surface area contributed by atoms with E-state index in [-0.39, 0.29) is 0 Å². The molecular weight excluding hydrogens is 210 g/mol. The van der Waals surface area contributed by atoms with Gasteiger partial charge in [-0.25, -0.2) is 0 Å². The highest BCUT2D eigenvalue weighted by Crippen LogP contribution is 2.18. The summed E-state index contributed by atoms with van der Waals surface area (Å²) in [6.45, 7) is 12.8. The van der Waals surface area contributed by atoms with Crippen molar-refractivity contribution in [2.75, 3.05) is 32.8 Å². The molecule has 0 aromatic heterocycles. The highest BCUT2D eigenvalue weighted by molar-refractivity contribution is 4.81. The number of hydrogen-bond acceptors (Lipinski definition) is 1. The molecule has 1 aliphatic heterocycles. The summed E-state index contributed by atoms with van der Waals surface area (Å²) in [4.78, 5) is 0. The summed E-state index contributed by atoms with van der Waals surface area (Å²) in [5.41, 5.74) is 0. The molecule has 0 aliphatic carbocycles. The van der Waals surface area contributed by atoms with Crippen molar-refractivity contribution < 1.29 is 9.22 Å². The zero-order valence-electron chi connectivity index (χ0n) is 12.0. The molecule has 1 rings (SSSR count). The van der Waals surface area contributed by atoms with Gasteiger partial charge in [-0.05, 0) is 20.3 Å². The summed E-state index contributed by atoms with van der Waals surface area (Å²) >= 11 is 0. The van der Waals surface area contributed by atoms with Crippen molar-refractivity contribution in [2.24, 2.45) is 0 Å². The van der Waals surface area contributed by atoms with E-state index in [1.165, 1.54) is 56.3 Å². The number of allylic oxidation sites excluding steroid dienone is 1. The minimum atomic E-state index is 0.555. The zero-order chi connectivity index (χ0) is 12.6. The monoisotopic (exact) mass is 240 g/mol. The fourth-order valence-corrected chi connectivity index (χ4v) is 2.40. The van der Waals surface area contributed by atoms with Crippen LogP contribution in [0, 0.1) is 0 Å². The molecule has 0 saturated carbocycles. The van der Waals surface area contributed by atoms with Gasteiger partial charge in [0.25, 0.3) is 0 Å². The summed E-state index contributed by atoms with van der Waals surface area (Å²) in [5.74, 6) is 0. The Labute approximate surface area is 107 Å². The molecule has 2 nitrogen and oxygen atoms in total. The standard InChI is InChI=1S/C15H30NO/c1-4-7-8-9-10-11-12-16(5-2,6-3)13-15-14-17-15/h9-10,15H,4-8,11-14H2,1-3H3/q+1/b10-9+. The minimum absolute atomic E-state index is 0.555. The van der Waals surface area contributed by atoms with Gasteiger partial charge in [0.2, 0.25) is 0 Å². The van der Waals surface area contributed by atoms with E-state index in [9.17, 15) is 0 Å². The molecule has 0 spiro atoms. The Morgan fingerprint density at radius 3 is 2.29 bits per heavy atom. The quantitative estimate of drug-likeness (QED) is 0.247. The first kappa shape index (κ1) is 14.7. The van der Waals surface area contributed by atoms with Crippen LogP contribution in [0.5, 0.6) is 0 Å². The van der Waals surface area contributed by atoms with Gasteiger partial charge in [-0.1, -0.05) is 31.9 Å². The van der Waals surface area contributed by atoms with Gasteiger partial charge in [-0.2, -0.15) is 0 Å². The molecule has 0 amide bonds. The van der Waals surface area contributed by atoms with E-state index < -0.39 is 0 Å². The Bertz CT molecular complexity index is 217. The van der Waals surface area contributed by atoms with Crippen LogP contribution in [-0.2, 0) is 4.74 Å². The molecule has 0 N–H and O–H groups in total. The van der Waals surface area contributed by atoms with Gasteiger partial charge in [-0.15, -0.1) is 0 Å². The molecule has 1 aliphatic rings. The van der Waals surface area contributed by atoms with Gasteiger partial charge in [0.1, 0.15) is 12.6 Å². The van der Waals surface area contributed by atoms with Gasteiger partial charge in [-0.3, -0.25) is 0 Å². The third kappa shape index (κ3) is 5.69. The number of likely N-dealkylation sites (N-methyl/N-ethyl adjacent to an activating group) is 1. The number of ether oxygens (including phenoxy) is 1. The van der Waals surface area contributed by atoms with Crippen LogP contribution in [0.1, 0.15) is 46.5 Å². The van der Waals surface area contributed by atoms with E-state index in [0.29, 0.717) is 6.10 Å². The second-order valence-corrected chi connectivity index (χ2v) is 5.24. The predicted octanol–water partition coefficient (Wildman–Crippen LogP) is 3.38. The highest BCUT2D eigenvalue weighted by atomic mass is 16.6. The maximum absolute atomic E-state index is 5.39. The maximum atomic E-state index is 5.39. The summed E-state index contributed by atoms with van der Waals surface area (Å²) in [5, 5.41) is 0. The topological polar surface area (TPSA) is 12.5 Å². The molecule has 1 unspecified atom stereocenters. The number of rotatable bonds is 10. The Kier molecular flexibility index (Phi) is 6.83. The Balaban J connectivity index is 2.25. The van der Waals surface area contributed by atoms with Crippen LogP contribution in [0.15, 0.2) is 12.2 Å². The number of quaternary nitrogens is 1. The molecular formula is C15H30NO+. The van der Waals surface area contributed by atoms with Crippen LogP contribution < -0.4 is 0 Å². The number of hydrogen-bond donors (Lipinski definition) is 0. The van der Waals surface area contributed by atoms with Crippen molar-refractivity contribution in [1.82, 2.24) is 0 Å². The minimum Gasteiger partial charge on any atom is -0.367 e. The van der Waals surface area contributed by atoms with Crippen LogP contribution in [0.2, 0.25) is 0 Å². The van der Waals surface area contributed by atoms with Crippen LogP contribution >= 0.6 is 0 Å². The van der Waals surface area contributed by atoms with E-state index >= 15 is 0 Å². The normalized spacial score (nSPS) is 20.1. The van der Waals surface area contributed by atoms with Gasteiger partial charge >= 0.3 is 0 Å². The molecule has 1 saturated heterocycles. The smallest absolute Gasteiger partial charge is 0.130 e. The molecule has 0 radical (unpaired) electrons. The predicted molar refractivity (Wildman–Crippen MR) is 74.1 cm³/mol. The highest BCUT2D eigenvalue weighted by Gasteiger charge is 2.34. The average molecular weight is 240 g/mol. The van der Waals surface area contributed by atoms with Crippen molar-refractivity contribution in [3.63, 3.8) is 0 Å². The van der Waals surface area contributed by atoms with E-state index in [0.717, 1.165) is 6.61 Å². The van der Waals surface area contributed by atoms with Gasteiger partial charge < -0.3 is 9.22 Å². The van der Waals surface area contributed by atoms with E-state index in [1.807, 2.05) is 0 Å². The molecule has 1 heterocycles. The van der Waals surface area contributed by atoms with Crippen molar-refractivity contribution in [3.8, 4) is 0 Å². The zero-order valence-corrected chi connectivity index (χ0v) is 12.0. The van der Waals surface area contributed by atoms with Crippen LogP contribution in [0.25, 0.3) is 0 Å². The molecule has 1 fully saturated rings. The van der Waals surface area contributed by atoms with Crippen molar-refractivity contribution in [2.45, 2.75) is 52.6 Å². The van der Waals surface area contributed by atoms with Crippen molar-refractivity contribution in [3.05, 3.63) is 12.2 Å². The lowest BCUT2D eigenvalue weighted by molar-refractivity contribution is -0.925. The summed E-state index contributed by atoms with van der Waals surface area (Å²) in [7, 11) is 0. The Morgan fingerprint density at radius 2 is 1.76 bits per heavy atom. The Hall–Kier alpha value is -0.340. The second-order valence-electron chi connectivity index (χ2n) is 5.24. The fraction of sp³-hybridized carbons (Fsp3) is 0.867. The first-order valence-electron chi connectivity index (χ1n) is 7.38. The van der Waals surface area contributed by atoms with Gasteiger partial charge in [0.15, 0.2) is 0 Å². The molecule has 2 heteroatoms. The van der Waals surface area contributed by atoms with E-state index in [1.54, 1.807) is 0 Å². The molecule has 0 aromatic rings. The number of epoxide rings is 1. The molecule has 17 heavy (non-hydrogen) atoms. The van der Waals surface area contributed by atoms with Crippen LogP contribution in [0.3, 0.4) is 0 Å². The summed E-state index contributed by atoms with van der Waals surface area (Å²) in [6, 6.07) is 0. The largest absolute Gasteiger partial charge is 0.367 e. The van der Waals surface area contributed by atoms with Gasteiger partial charge in [0.05, 0.1) is 26.2 Å². The molecule has 1 atom stereocenters. The van der Waals surface area contributed by atoms with Crippen molar-refractivity contribution >= 4 is 0 Å². The number of unbranched alkanes of at least 4 members (excludes halogenated alkanes) is 2. The maximum Gasteiger partial charge on any atom is 0.130 e. The van der Waals surface area contributed by atoms with Gasteiger partial charge in [0, 0.05) is 6.42 Å². The number of nitrogens with zero attached hydrogens (tertiary/aromatic N) is 1. The first-order chi connectivity index (χ1) is 8.26.